The van der Waals surface area contributed by atoms with Crippen molar-refractivity contribution in [2.24, 2.45) is 0 Å². The molecular formula is C17H18F2N3O+. The van der Waals surface area contributed by atoms with Crippen LogP contribution in [-0.2, 0) is 0 Å². The van der Waals surface area contributed by atoms with Gasteiger partial charge in [0.05, 0.1) is 11.7 Å². The molecule has 120 valence electrons. The number of hydrogen-bond donors (Lipinski definition) is 2. The molecule has 23 heavy (non-hydrogen) atoms. The highest BCUT2D eigenvalue weighted by atomic mass is 19.1. The van der Waals surface area contributed by atoms with Crippen molar-refractivity contribution in [1.82, 2.24) is 0 Å². The Morgan fingerprint density at radius 1 is 1.17 bits per heavy atom. The number of halogens is 2. The van der Waals surface area contributed by atoms with Crippen molar-refractivity contribution in [2.75, 3.05) is 10.2 Å². The predicted octanol–water partition coefficient (Wildman–Crippen LogP) is 3.08. The van der Waals surface area contributed by atoms with Crippen molar-refractivity contribution < 1.29 is 19.3 Å². The third-order valence-corrected chi connectivity index (χ3v) is 4.10. The summed E-state index contributed by atoms with van der Waals surface area (Å²) >= 11 is 0. The smallest absolute Gasteiger partial charge is 0.378 e. The zero-order valence-corrected chi connectivity index (χ0v) is 12.7. The fourth-order valence-electron chi connectivity index (χ4n) is 3.10. The van der Waals surface area contributed by atoms with Crippen molar-refractivity contribution in [1.29, 1.82) is 0 Å². The van der Waals surface area contributed by atoms with Crippen LogP contribution in [0.2, 0.25) is 0 Å². The molecule has 1 aliphatic heterocycles. The Labute approximate surface area is 132 Å². The fraction of sp³-hybridized carbons (Fsp3) is 0.235. The average Bonchev–Trinajstić information content (AvgIpc) is 2.49. The summed E-state index contributed by atoms with van der Waals surface area (Å²) < 4.78 is 26.7. The number of amides is 2. The quantitative estimate of drug-likeness (QED) is 0.894. The van der Waals surface area contributed by atoms with E-state index in [4.69, 9.17) is 0 Å². The van der Waals surface area contributed by atoms with Gasteiger partial charge in [0, 0.05) is 17.3 Å². The number of carbonyl (C=O) groups excluding carboxylic acids is 1. The van der Waals surface area contributed by atoms with Gasteiger partial charge in [-0.1, -0.05) is 0 Å². The van der Waals surface area contributed by atoms with Crippen LogP contribution in [0.25, 0.3) is 0 Å². The predicted molar refractivity (Wildman–Crippen MR) is 84.0 cm³/mol. The first-order valence-electron chi connectivity index (χ1n) is 7.42. The lowest BCUT2D eigenvalue weighted by Gasteiger charge is -2.37. The lowest BCUT2D eigenvalue weighted by atomic mass is 9.91. The third kappa shape index (κ3) is 3.03. The van der Waals surface area contributed by atoms with Gasteiger partial charge in [0.2, 0.25) is 0 Å². The molecule has 2 amide bonds. The first kappa shape index (κ1) is 15.4. The van der Waals surface area contributed by atoms with Gasteiger partial charge in [-0.15, -0.1) is 0 Å². The van der Waals surface area contributed by atoms with Crippen molar-refractivity contribution in [3.05, 3.63) is 59.7 Å². The molecule has 4 N–H and O–H groups in total. The van der Waals surface area contributed by atoms with E-state index in [0.29, 0.717) is 17.7 Å². The van der Waals surface area contributed by atoms with Gasteiger partial charge in [-0.3, -0.25) is 10.6 Å². The molecule has 0 radical (unpaired) electrons. The molecule has 6 heteroatoms. The number of quaternary nitrogens is 1. The molecule has 2 unspecified atom stereocenters. The molecule has 2 aromatic rings. The summed E-state index contributed by atoms with van der Waals surface area (Å²) in [6, 6.07) is 9.82. The minimum atomic E-state index is -0.360. The lowest BCUT2D eigenvalue weighted by Crippen LogP contribution is -2.67. The van der Waals surface area contributed by atoms with E-state index in [1.807, 2.05) is 6.92 Å². The van der Waals surface area contributed by atoms with Crippen LogP contribution in [0, 0.1) is 11.6 Å². The molecular weight excluding hydrogens is 300 g/mol. The lowest BCUT2D eigenvalue weighted by molar-refractivity contribution is -0.247. The number of fused-ring (bicyclic) bond motifs is 1. The summed E-state index contributed by atoms with van der Waals surface area (Å²) in [5, 5.41) is 3.29. The molecule has 1 aliphatic rings. The molecule has 0 spiro atoms. The van der Waals surface area contributed by atoms with Crippen LogP contribution >= 0.6 is 0 Å². The minimum absolute atomic E-state index is 0.0732. The number of nitrogens with one attached hydrogen (secondary N) is 1. The number of carbonyl (C=O) groups is 1. The molecule has 4 nitrogen and oxygen atoms in total. The summed E-state index contributed by atoms with van der Waals surface area (Å²) in [6.45, 7) is 1.93. The van der Waals surface area contributed by atoms with E-state index in [2.05, 4.69) is 11.1 Å². The standard InChI is InChI=1S/C17H17F2N3O/c1-10-8-15(21-13-5-2-11(18)3-6-13)14-9-12(19)4-7-16(14)22(10)17(20)23/h2-7,9-10,15,21H,8H2,1H3,(H2,20,23)/p+1. The second kappa shape index (κ2) is 5.96. The Morgan fingerprint density at radius 3 is 2.48 bits per heavy atom. The highest BCUT2D eigenvalue weighted by Crippen LogP contribution is 2.39. The fourth-order valence-corrected chi connectivity index (χ4v) is 3.10. The van der Waals surface area contributed by atoms with Gasteiger partial charge >= 0.3 is 6.03 Å². The van der Waals surface area contributed by atoms with Crippen LogP contribution in [0.3, 0.4) is 0 Å². The highest BCUT2D eigenvalue weighted by Gasteiger charge is 2.34. The van der Waals surface area contributed by atoms with Crippen molar-refractivity contribution in [3.63, 3.8) is 0 Å². The number of rotatable bonds is 2. The molecule has 1 heterocycles. The summed E-state index contributed by atoms with van der Waals surface area (Å²) in [6.07, 6.45) is 0.606. The van der Waals surface area contributed by atoms with Crippen LogP contribution < -0.4 is 16.0 Å². The van der Waals surface area contributed by atoms with Crippen LogP contribution in [0.4, 0.5) is 25.0 Å². The van der Waals surface area contributed by atoms with Crippen LogP contribution in [0.15, 0.2) is 42.5 Å². The van der Waals surface area contributed by atoms with E-state index in [1.54, 1.807) is 23.1 Å². The van der Waals surface area contributed by atoms with Crippen molar-refractivity contribution in [2.45, 2.75) is 25.4 Å². The number of nitrogens with zero attached hydrogens (tertiary/aromatic N) is 1. The van der Waals surface area contributed by atoms with E-state index in [-0.39, 0.29) is 29.7 Å². The van der Waals surface area contributed by atoms with Gasteiger partial charge in [-0.05, 0) is 55.8 Å². The summed E-state index contributed by atoms with van der Waals surface area (Å²) in [4.78, 5) is 13.4. The number of benzene rings is 2. The normalized spacial score (nSPS) is 20.1. The van der Waals surface area contributed by atoms with E-state index in [9.17, 15) is 13.6 Å². The van der Waals surface area contributed by atoms with Crippen molar-refractivity contribution in [3.8, 4) is 0 Å². The molecule has 0 bridgehead atoms. The van der Waals surface area contributed by atoms with Crippen LogP contribution in [0.5, 0.6) is 0 Å². The second-order valence-corrected chi connectivity index (χ2v) is 5.76. The van der Waals surface area contributed by atoms with Crippen molar-refractivity contribution >= 4 is 17.4 Å². The largest absolute Gasteiger partial charge is 0.418 e. The minimum Gasteiger partial charge on any atom is -0.378 e. The molecule has 0 saturated carbocycles. The van der Waals surface area contributed by atoms with Gasteiger partial charge < -0.3 is 5.32 Å². The van der Waals surface area contributed by atoms with Gasteiger partial charge in [-0.2, -0.15) is 0 Å². The summed E-state index contributed by atoms with van der Waals surface area (Å²) in [5.74, 6) is -0.673. The van der Waals surface area contributed by atoms with Gasteiger partial charge in [0.25, 0.3) is 0 Å². The van der Waals surface area contributed by atoms with Gasteiger partial charge in [0.15, 0.2) is 0 Å². The number of anilines is 2. The Balaban J connectivity index is 1.98. The topological polar surface area (TPSA) is 60.0 Å². The van der Waals surface area contributed by atoms with Gasteiger partial charge in [-0.25, -0.2) is 13.6 Å². The molecule has 0 fully saturated rings. The van der Waals surface area contributed by atoms with E-state index in [1.165, 1.54) is 24.3 Å². The maximum absolute atomic E-state index is 13.7. The zero-order valence-electron chi connectivity index (χ0n) is 12.7. The Kier molecular flexibility index (Phi) is 4.00. The molecule has 0 saturated heterocycles. The zero-order chi connectivity index (χ0) is 16.6. The third-order valence-electron chi connectivity index (χ3n) is 4.10. The summed E-state index contributed by atoms with van der Waals surface area (Å²) in [7, 11) is 0. The highest BCUT2D eigenvalue weighted by molar-refractivity contribution is 5.87. The average molecular weight is 318 g/mol. The van der Waals surface area contributed by atoms with Gasteiger partial charge in [0.1, 0.15) is 11.6 Å². The molecule has 0 aliphatic carbocycles. The first-order chi connectivity index (χ1) is 11.0. The Morgan fingerprint density at radius 2 is 1.83 bits per heavy atom. The first-order valence-corrected chi connectivity index (χ1v) is 7.42. The molecule has 3 rings (SSSR count). The number of urea groups is 1. The molecule has 0 aromatic heterocycles. The number of hydrogen-bond acceptors (Lipinski definition) is 2. The molecule has 2 atom stereocenters. The monoisotopic (exact) mass is 318 g/mol. The van der Waals surface area contributed by atoms with Crippen LogP contribution in [-0.4, -0.2) is 12.1 Å². The molecule has 2 aromatic carbocycles. The van der Waals surface area contributed by atoms with E-state index < -0.39 is 0 Å². The Bertz CT molecular complexity index is 733. The van der Waals surface area contributed by atoms with E-state index in [0.717, 1.165) is 5.69 Å². The SMILES string of the molecule is CC1CC(Nc2ccc(F)cc2)c2cc(F)ccc2N1C([NH3+])=O. The summed E-state index contributed by atoms with van der Waals surface area (Å²) in [5.41, 5.74) is 5.58. The maximum Gasteiger partial charge on any atom is 0.418 e. The Hall–Kier alpha value is -2.47. The second-order valence-electron chi connectivity index (χ2n) is 5.76. The van der Waals surface area contributed by atoms with Crippen LogP contribution in [0.1, 0.15) is 24.9 Å². The maximum atomic E-state index is 13.7. The van der Waals surface area contributed by atoms with E-state index >= 15 is 0 Å².